The molecule has 118 valence electrons. The van der Waals surface area contributed by atoms with Crippen LogP contribution in [0.15, 0.2) is 41.4 Å². The van der Waals surface area contributed by atoms with Crippen LogP contribution in [0.2, 0.25) is 0 Å². The molecule has 0 amide bonds. The van der Waals surface area contributed by atoms with Gasteiger partial charge in [0.1, 0.15) is 10.6 Å². The molecule has 1 N–H and O–H groups in total. The molecule has 1 aromatic carbocycles. The fraction of sp³-hybridized carbons (Fsp3) is 0.312. The molecule has 0 aliphatic carbocycles. The summed E-state index contributed by atoms with van der Waals surface area (Å²) in [5.41, 5.74) is 2.54. The number of rotatable bonds is 5. The van der Waals surface area contributed by atoms with E-state index < -0.39 is 16.1 Å². The van der Waals surface area contributed by atoms with E-state index in [4.69, 9.17) is 4.74 Å². The number of aryl methyl sites for hydroxylation is 2. The second kappa shape index (κ2) is 6.46. The van der Waals surface area contributed by atoms with Crippen LogP contribution in [0.25, 0.3) is 0 Å². The first-order chi connectivity index (χ1) is 10.3. The van der Waals surface area contributed by atoms with Gasteiger partial charge in [-0.2, -0.15) is 0 Å². The van der Waals surface area contributed by atoms with Crippen LogP contribution < -0.4 is 9.46 Å². The minimum absolute atomic E-state index is 0.140. The minimum Gasteiger partial charge on any atom is -0.495 e. The second-order valence-corrected chi connectivity index (χ2v) is 6.87. The zero-order chi connectivity index (χ0) is 16.3. The number of hydrogen-bond donors (Lipinski definition) is 1. The smallest absolute Gasteiger partial charge is 0.244 e. The highest BCUT2D eigenvalue weighted by atomic mass is 32.2. The van der Waals surface area contributed by atoms with Gasteiger partial charge in [-0.15, -0.1) is 0 Å². The van der Waals surface area contributed by atoms with Gasteiger partial charge in [0.2, 0.25) is 10.0 Å². The predicted octanol–water partition coefficient (Wildman–Crippen LogP) is 2.75. The number of ether oxygens (including phenoxy) is 1. The van der Waals surface area contributed by atoms with Crippen molar-refractivity contribution in [2.75, 3.05) is 7.11 Å². The van der Waals surface area contributed by atoms with Crippen LogP contribution in [-0.2, 0) is 10.0 Å². The van der Waals surface area contributed by atoms with Crippen molar-refractivity contribution in [2.45, 2.75) is 31.7 Å². The number of benzene rings is 1. The maximum Gasteiger partial charge on any atom is 0.244 e. The largest absolute Gasteiger partial charge is 0.495 e. The monoisotopic (exact) mass is 320 g/mol. The number of aromatic nitrogens is 1. The average Bonchev–Trinajstić information content (AvgIpc) is 2.49. The van der Waals surface area contributed by atoms with E-state index in [2.05, 4.69) is 9.71 Å². The Kier molecular flexibility index (Phi) is 4.83. The molecule has 5 nitrogen and oxygen atoms in total. The summed E-state index contributed by atoms with van der Waals surface area (Å²) >= 11 is 0. The molecule has 22 heavy (non-hydrogen) atoms. The summed E-state index contributed by atoms with van der Waals surface area (Å²) in [5.74, 6) is 0.337. The van der Waals surface area contributed by atoms with Crippen molar-refractivity contribution in [3.05, 3.63) is 53.3 Å². The van der Waals surface area contributed by atoms with Gasteiger partial charge in [-0.3, -0.25) is 4.98 Å². The van der Waals surface area contributed by atoms with Crippen LogP contribution in [0.1, 0.15) is 29.8 Å². The van der Waals surface area contributed by atoms with Crippen LogP contribution in [0.4, 0.5) is 0 Å². The van der Waals surface area contributed by atoms with Crippen molar-refractivity contribution in [1.82, 2.24) is 9.71 Å². The SMILES string of the molecule is COc1cc(C)c(C)cc1S(=O)(=O)NC(C)c1ccccn1. The van der Waals surface area contributed by atoms with Crippen LogP contribution in [0.3, 0.4) is 0 Å². The van der Waals surface area contributed by atoms with Gasteiger partial charge in [-0.1, -0.05) is 6.07 Å². The summed E-state index contributed by atoms with van der Waals surface area (Å²) in [7, 11) is -2.24. The quantitative estimate of drug-likeness (QED) is 0.920. The maximum absolute atomic E-state index is 12.6. The zero-order valence-corrected chi connectivity index (χ0v) is 13.9. The van der Waals surface area contributed by atoms with E-state index in [0.717, 1.165) is 11.1 Å². The third kappa shape index (κ3) is 3.45. The minimum atomic E-state index is -3.70. The molecule has 6 heteroatoms. The lowest BCUT2D eigenvalue weighted by Crippen LogP contribution is -2.28. The molecule has 0 bridgehead atoms. The van der Waals surface area contributed by atoms with Gasteiger partial charge in [0, 0.05) is 6.20 Å². The van der Waals surface area contributed by atoms with Gasteiger partial charge in [0.25, 0.3) is 0 Å². The second-order valence-electron chi connectivity index (χ2n) is 5.18. The normalized spacial score (nSPS) is 12.9. The van der Waals surface area contributed by atoms with Crippen molar-refractivity contribution in [3.8, 4) is 5.75 Å². The summed E-state index contributed by atoms with van der Waals surface area (Å²) in [6, 6.07) is 8.32. The van der Waals surface area contributed by atoms with E-state index in [-0.39, 0.29) is 4.90 Å². The van der Waals surface area contributed by atoms with Crippen molar-refractivity contribution in [1.29, 1.82) is 0 Å². The number of sulfonamides is 1. The number of hydrogen-bond acceptors (Lipinski definition) is 4. The lowest BCUT2D eigenvalue weighted by Gasteiger charge is -2.16. The van der Waals surface area contributed by atoms with Gasteiger partial charge >= 0.3 is 0 Å². The molecule has 1 aromatic heterocycles. The molecule has 0 radical (unpaired) electrons. The molecular formula is C16H20N2O3S. The third-order valence-corrected chi connectivity index (χ3v) is 5.09. The van der Waals surface area contributed by atoms with E-state index >= 15 is 0 Å². The van der Waals surface area contributed by atoms with Crippen LogP contribution in [0, 0.1) is 13.8 Å². The van der Waals surface area contributed by atoms with Gasteiger partial charge in [-0.25, -0.2) is 13.1 Å². The Labute approximate surface area is 131 Å². The maximum atomic E-state index is 12.6. The number of nitrogens with zero attached hydrogens (tertiary/aromatic N) is 1. The summed E-state index contributed by atoms with van der Waals surface area (Å²) in [5, 5.41) is 0. The molecule has 0 saturated carbocycles. The molecule has 1 unspecified atom stereocenters. The molecule has 2 aromatic rings. The van der Waals surface area contributed by atoms with Crippen LogP contribution in [0.5, 0.6) is 5.75 Å². The summed E-state index contributed by atoms with van der Waals surface area (Å²) in [6.07, 6.45) is 1.64. The summed E-state index contributed by atoms with van der Waals surface area (Å²) in [4.78, 5) is 4.31. The van der Waals surface area contributed by atoms with Crippen molar-refractivity contribution < 1.29 is 13.2 Å². The number of methoxy groups -OCH3 is 1. The molecule has 0 saturated heterocycles. The van der Waals surface area contributed by atoms with Gasteiger partial charge in [0.15, 0.2) is 0 Å². The molecule has 0 aliphatic rings. The van der Waals surface area contributed by atoms with Crippen LogP contribution >= 0.6 is 0 Å². The first-order valence-corrected chi connectivity index (χ1v) is 8.42. The zero-order valence-electron chi connectivity index (χ0n) is 13.1. The molecule has 1 atom stereocenters. The van der Waals surface area contributed by atoms with Gasteiger partial charge in [-0.05, 0) is 56.2 Å². The third-order valence-electron chi connectivity index (χ3n) is 3.53. The number of pyridine rings is 1. The predicted molar refractivity (Wildman–Crippen MR) is 85.4 cm³/mol. The molecular weight excluding hydrogens is 300 g/mol. The number of nitrogens with one attached hydrogen (secondary N) is 1. The Hall–Kier alpha value is -1.92. The van der Waals surface area contributed by atoms with E-state index in [1.165, 1.54) is 7.11 Å². The Balaban J connectivity index is 2.37. The highest BCUT2D eigenvalue weighted by Crippen LogP contribution is 2.28. The first-order valence-electron chi connectivity index (χ1n) is 6.93. The van der Waals surface area contributed by atoms with Crippen molar-refractivity contribution >= 4 is 10.0 Å². The fourth-order valence-electron chi connectivity index (χ4n) is 2.12. The Bertz CT molecular complexity index is 758. The van der Waals surface area contributed by atoms with Crippen molar-refractivity contribution in [2.24, 2.45) is 0 Å². The average molecular weight is 320 g/mol. The fourth-order valence-corrected chi connectivity index (χ4v) is 3.57. The van der Waals surface area contributed by atoms with E-state index in [1.807, 2.05) is 19.9 Å². The Morgan fingerprint density at radius 2 is 1.86 bits per heavy atom. The topological polar surface area (TPSA) is 68.3 Å². The molecule has 0 aliphatic heterocycles. The van der Waals surface area contributed by atoms with Crippen molar-refractivity contribution in [3.63, 3.8) is 0 Å². The lowest BCUT2D eigenvalue weighted by atomic mass is 10.1. The molecule has 0 fully saturated rings. The Morgan fingerprint density at radius 3 is 2.45 bits per heavy atom. The molecule has 1 heterocycles. The Morgan fingerprint density at radius 1 is 1.18 bits per heavy atom. The van der Waals surface area contributed by atoms with E-state index in [1.54, 1.807) is 37.4 Å². The highest BCUT2D eigenvalue weighted by Gasteiger charge is 2.23. The molecule has 2 rings (SSSR count). The van der Waals surface area contributed by atoms with E-state index in [0.29, 0.717) is 11.4 Å². The van der Waals surface area contributed by atoms with Gasteiger partial charge < -0.3 is 4.74 Å². The molecule has 0 spiro atoms. The standard InChI is InChI=1S/C16H20N2O3S/c1-11-9-15(21-4)16(10-12(11)2)22(19,20)18-13(3)14-7-5-6-8-17-14/h5-10,13,18H,1-4H3. The van der Waals surface area contributed by atoms with E-state index in [9.17, 15) is 8.42 Å². The summed E-state index contributed by atoms with van der Waals surface area (Å²) in [6.45, 7) is 5.54. The first kappa shape index (κ1) is 16.5. The lowest BCUT2D eigenvalue weighted by molar-refractivity contribution is 0.401. The summed E-state index contributed by atoms with van der Waals surface area (Å²) < 4.78 is 33.1. The van der Waals surface area contributed by atoms with Crippen LogP contribution in [-0.4, -0.2) is 20.5 Å². The van der Waals surface area contributed by atoms with Gasteiger partial charge in [0.05, 0.1) is 18.8 Å². The highest BCUT2D eigenvalue weighted by molar-refractivity contribution is 7.89.